The van der Waals surface area contributed by atoms with Gasteiger partial charge in [-0.3, -0.25) is 0 Å². The van der Waals surface area contributed by atoms with Crippen LogP contribution in [0.25, 0.3) is 0 Å². The molecule has 3 heteroatoms. The third-order valence-corrected chi connectivity index (χ3v) is 1.48. The predicted octanol–water partition coefficient (Wildman–Crippen LogP) is 2.53. The van der Waals surface area contributed by atoms with Crippen LogP contribution in [0.15, 0.2) is 18.2 Å². The third-order valence-electron chi connectivity index (χ3n) is 0.759. The van der Waals surface area contributed by atoms with Crippen LogP contribution in [0.2, 0.25) is 10.0 Å². The molecule has 1 aromatic rings. The number of halogens is 2. The van der Waals surface area contributed by atoms with E-state index in [-0.39, 0.29) is 50.3 Å². The molecule has 0 aliphatic heterocycles. The molecule has 0 saturated carbocycles. The van der Waals surface area contributed by atoms with Crippen molar-refractivity contribution >= 4 is 72.1 Å². The summed E-state index contributed by atoms with van der Waals surface area (Å²) >= 11 is 11.1. The molecule has 0 N–H and O–H groups in total. The van der Waals surface area contributed by atoms with E-state index in [1.54, 1.807) is 18.2 Å². The molecule has 1 aromatic carbocycles. The van der Waals surface area contributed by atoms with E-state index in [4.69, 9.17) is 23.2 Å². The second-order valence-electron chi connectivity index (χ2n) is 1.33. The van der Waals surface area contributed by atoms with Gasteiger partial charge in [-0.05, 0) is 0 Å². The molecule has 0 atom stereocenters. The van der Waals surface area contributed by atoms with Crippen molar-refractivity contribution in [3.63, 3.8) is 0 Å². The third kappa shape index (κ3) is 3.33. The van der Waals surface area contributed by atoms with Gasteiger partial charge >= 0.3 is 48.9 Å². The topological polar surface area (TPSA) is 0 Å². The van der Waals surface area contributed by atoms with Gasteiger partial charge in [-0.15, -0.1) is 11.6 Å². The molecule has 1 rings (SSSR count). The molecule has 0 heterocycles. The van der Waals surface area contributed by atoms with Gasteiger partial charge in [-0.2, -0.15) is 35.9 Å². The molecule has 0 radical (unpaired) electrons. The van der Waals surface area contributed by atoms with Gasteiger partial charge in [0.15, 0.2) is 0 Å². The first kappa shape index (κ1) is 10.4. The maximum atomic E-state index is 5.55. The van der Waals surface area contributed by atoms with Crippen molar-refractivity contribution in [1.82, 2.24) is 0 Å². The number of hydrogen-bond donors (Lipinski definition) is 0. The van der Waals surface area contributed by atoms with Crippen LogP contribution in [0.4, 0.5) is 0 Å². The van der Waals surface area contributed by atoms with Crippen LogP contribution >= 0.6 is 23.2 Å². The van der Waals surface area contributed by atoms with Crippen LogP contribution in [0, 0.1) is 6.07 Å². The largest absolute Gasteiger partial charge is 2.00 e. The summed E-state index contributed by atoms with van der Waals surface area (Å²) in [4.78, 5) is 0. The Labute approximate surface area is 106 Å². The fourth-order valence-electron chi connectivity index (χ4n) is 0.396. The number of hydrogen-bond acceptors (Lipinski definition) is 0. The zero-order valence-electron chi connectivity index (χ0n) is 5.70. The molecule has 0 amide bonds. The summed E-state index contributed by atoms with van der Waals surface area (Å²) in [6, 6.07) is 7.96. The molecular weight excluding hydrogens is 280 g/mol. The van der Waals surface area contributed by atoms with Gasteiger partial charge in [0.25, 0.3) is 0 Å². The van der Waals surface area contributed by atoms with Crippen molar-refractivity contribution < 1.29 is 1.43 Å². The monoisotopic (exact) mass is 284 g/mol. The van der Waals surface area contributed by atoms with Gasteiger partial charge in [0.05, 0.1) is 0 Å². The summed E-state index contributed by atoms with van der Waals surface area (Å²) in [5.74, 6) is 0. The Morgan fingerprint density at radius 3 is 2.44 bits per heavy atom. The van der Waals surface area contributed by atoms with Crippen molar-refractivity contribution in [2.24, 2.45) is 0 Å². The normalized spacial score (nSPS) is 8.22. The van der Waals surface area contributed by atoms with Gasteiger partial charge in [0.2, 0.25) is 0 Å². The zero-order valence-corrected chi connectivity index (χ0v) is 10.6. The molecule has 0 fully saturated rings. The van der Waals surface area contributed by atoms with Crippen molar-refractivity contribution in [2.45, 2.75) is 0 Å². The maximum Gasteiger partial charge on any atom is 2.00 e. The van der Waals surface area contributed by atoms with Gasteiger partial charge in [0, 0.05) is 0 Å². The first-order chi connectivity index (χ1) is 3.80. The number of rotatable bonds is 0. The van der Waals surface area contributed by atoms with Gasteiger partial charge in [0.1, 0.15) is 0 Å². The molecule has 0 nitrogen and oxygen atoms in total. The molecular formula is C6H4BaCl2. The Balaban J connectivity index is 0. The van der Waals surface area contributed by atoms with Crippen LogP contribution in [0.1, 0.15) is 1.43 Å². The van der Waals surface area contributed by atoms with Crippen LogP contribution < -0.4 is 0 Å². The quantitative estimate of drug-likeness (QED) is 0.507. The Morgan fingerprint density at radius 2 is 2.11 bits per heavy atom. The summed E-state index contributed by atoms with van der Waals surface area (Å²) in [6.45, 7) is 0. The Hall–Kier alpha value is 1.37. The van der Waals surface area contributed by atoms with E-state index in [0.717, 1.165) is 0 Å². The maximum absolute atomic E-state index is 5.55. The molecule has 0 bridgehead atoms. The summed E-state index contributed by atoms with van der Waals surface area (Å²) in [6.07, 6.45) is 0. The Kier molecular flexibility index (Phi) is 5.85. The van der Waals surface area contributed by atoms with Gasteiger partial charge in [-0.25, -0.2) is 0 Å². The van der Waals surface area contributed by atoms with E-state index < -0.39 is 0 Å². The summed E-state index contributed by atoms with van der Waals surface area (Å²) in [5.41, 5.74) is 0. The van der Waals surface area contributed by atoms with Gasteiger partial charge < -0.3 is 1.43 Å². The minimum Gasteiger partial charge on any atom is -1.00 e. The smallest absolute Gasteiger partial charge is 1.00 e. The first-order valence-electron chi connectivity index (χ1n) is 2.12. The minimum absolute atomic E-state index is 0. The molecule has 0 aliphatic carbocycles. The second kappa shape index (κ2) is 5.08. The van der Waals surface area contributed by atoms with Crippen LogP contribution in [-0.4, -0.2) is 48.9 Å². The summed E-state index contributed by atoms with van der Waals surface area (Å²) in [7, 11) is 0. The molecule has 0 aromatic heterocycles. The second-order valence-corrected chi connectivity index (χ2v) is 2.12. The molecule has 0 spiro atoms. The van der Waals surface area contributed by atoms with E-state index in [2.05, 4.69) is 6.07 Å². The van der Waals surface area contributed by atoms with E-state index in [0.29, 0.717) is 10.0 Å². The molecule has 0 saturated heterocycles. The number of benzene rings is 1. The molecule has 0 unspecified atom stereocenters. The Bertz CT molecular complexity index is 172. The van der Waals surface area contributed by atoms with E-state index >= 15 is 0 Å². The molecule has 0 aliphatic rings. The average molecular weight is 284 g/mol. The molecule has 9 heavy (non-hydrogen) atoms. The van der Waals surface area contributed by atoms with Crippen molar-refractivity contribution in [3.8, 4) is 0 Å². The Morgan fingerprint density at radius 1 is 1.44 bits per heavy atom. The minimum atomic E-state index is 0. The molecule has 44 valence electrons. The van der Waals surface area contributed by atoms with Crippen molar-refractivity contribution in [1.29, 1.82) is 0 Å². The van der Waals surface area contributed by atoms with Crippen LogP contribution in [-0.2, 0) is 0 Å². The summed E-state index contributed by atoms with van der Waals surface area (Å²) < 4.78 is 0. The fraction of sp³-hybridized carbons (Fsp3) is 0. The van der Waals surface area contributed by atoms with E-state index in [1.165, 1.54) is 0 Å². The fourth-order valence-corrected chi connectivity index (χ4v) is 0.649. The SMILES string of the molecule is Clc1[c-]cccc1Cl.[Ba+2].[H-]. The predicted molar refractivity (Wildman–Crippen MR) is 42.2 cm³/mol. The van der Waals surface area contributed by atoms with Crippen molar-refractivity contribution in [2.75, 3.05) is 0 Å². The van der Waals surface area contributed by atoms with Crippen LogP contribution in [0.5, 0.6) is 0 Å². The van der Waals surface area contributed by atoms with Crippen LogP contribution in [0.3, 0.4) is 0 Å². The zero-order chi connectivity index (χ0) is 5.98. The van der Waals surface area contributed by atoms with Crippen molar-refractivity contribution in [3.05, 3.63) is 34.3 Å². The summed E-state index contributed by atoms with van der Waals surface area (Å²) in [5, 5.41) is 1.03. The average Bonchev–Trinajstić information content (AvgIpc) is 1.77. The first-order valence-corrected chi connectivity index (χ1v) is 2.88. The van der Waals surface area contributed by atoms with E-state index in [1.807, 2.05) is 0 Å². The van der Waals surface area contributed by atoms with E-state index in [9.17, 15) is 0 Å². The van der Waals surface area contributed by atoms with Gasteiger partial charge in [-0.1, -0.05) is 10.0 Å². The standard InChI is InChI=1S/C6H3Cl2.Ba.H/c7-5-3-1-2-4-6(5)8;;/h1-3H;;/q-1;+2;-1.